The van der Waals surface area contributed by atoms with Crippen LogP contribution in [0.1, 0.15) is 20.3 Å². The highest BCUT2D eigenvalue weighted by atomic mass is 35.5. The molecule has 1 amide bonds. The van der Waals surface area contributed by atoms with Crippen molar-refractivity contribution in [2.45, 2.75) is 35.4 Å². The molecule has 0 aromatic heterocycles. The molecule has 5 heteroatoms. The summed E-state index contributed by atoms with van der Waals surface area (Å²) in [5.74, 6) is 0. The van der Waals surface area contributed by atoms with Crippen molar-refractivity contribution in [3.63, 3.8) is 0 Å². The summed E-state index contributed by atoms with van der Waals surface area (Å²) in [4.78, 5) is 16.2. The minimum Gasteiger partial charge on any atom is -0.332 e. The largest absolute Gasteiger partial charge is 0.332 e. The Labute approximate surface area is 129 Å². The van der Waals surface area contributed by atoms with E-state index in [0.29, 0.717) is 6.54 Å². The molecule has 0 aliphatic carbocycles. The van der Waals surface area contributed by atoms with Crippen molar-refractivity contribution in [2.24, 2.45) is 0 Å². The summed E-state index contributed by atoms with van der Waals surface area (Å²) in [5, 5.41) is 0.0567. The molecule has 2 nitrogen and oxygen atoms in total. The van der Waals surface area contributed by atoms with E-state index in [1.165, 1.54) is 16.7 Å². The predicted octanol–water partition coefficient (Wildman–Crippen LogP) is 4.96. The van der Waals surface area contributed by atoms with Gasteiger partial charge in [-0.25, -0.2) is 0 Å². The molecule has 0 fully saturated rings. The highest BCUT2D eigenvalue weighted by molar-refractivity contribution is 8.13. The van der Waals surface area contributed by atoms with Crippen molar-refractivity contribution in [3.8, 4) is 0 Å². The molecule has 1 aromatic carbocycles. The molecule has 0 N–H and O–H groups in total. The van der Waals surface area contributed by atoms with E-state index in [1.807, 2.05) is 42.3 Å². The molecule has 0 radical (unpaired) electrons. The fourth-order valence-corrected chi connectivity index (χ4v) is 3.19. The van der Waals surface area contributed by atoms with Crippen molar-refractivity contribution in [2.75, 3.05) is 19.3 Å². The Morgan fingerprint density at radius 3 is 2.68 bits per heavy atom. The summed E-state index contributed by atoms with van der Waals surface area (Å²) >= 11 is 8.95. The van der Waals surface area contributed by atoms with E-state index in [4.69, 9.17) is 11.6 Å². The molecule has 0 aliphatic rings. The molecule has 19 heavy (non-hydrogen) atoms. The average molecular weight is 318 g/mol. The van der Waals surface area contributed by atoms with E-state index in [-0.39, 0.29) is 10.6 Å². The zero-order valence-corrected chi connectivity index (χ0v) is 13.9. The number of carbonyl (C=O) groups is 1. The number of nitrogens with zero attached hydrogens (tertiary/aromatic N) is 1. The molecule has 0 spiro atoms. The lowest BCUT2D eigenvalue weighted by Gasteiger charge is -2.22. The van der Waals surface area contributed by atoms with Crippen molar-refractivity contribution in [3.05, 3.63) is 24.3 Å². The van der Waals surface area contributed by atoms with Crippen LogP contribution < -0.4 is 0 Å². The molecule has 1 atom stereocenters. The maximum Gasteiger partial charge on any atom is 0.286 e. The van der Waals surface area contributed by atoms with E-state index in [0.717, 1.165) is 17.9 Å². The number of benzene rings is 1. The molecule has 0 aliphatic heterocycles. The Hall–Kier alpha value is -0.320. The zero-order chi connectivity index (χ0) is 14.3. The van der Waals surface area contributed by atoms with Gasteiger partial charge in [0.25, 0.3) is 5.24 Å². The van der Waals surface area contributed by atoms with Crippen LogP contribution in [0.15, 0.2) is 34.1 Å². The van der Waals surface area contributed by atoms with Gasteiger partial charge in [-0.15, -0.1) is 23.4 Å². The second kappa shape index (κ2) is 8.77. The monoisotopic (exact) mass is 317 g/mol. The van der Waals surface area contributed by atoms with Crippen molar-refractivity contribution < 1.29 is 4.79 Å². The number of thioether (sulfide) groups is 2. The van der Waals surface area contributed by atoms with Crippen LogP contribution in [0.25, 0.3) is 0 Å². The van der Waals surface area contributed by atoms with Gasteiger partial charge in [-0.1, -0.05) is 13.0 Å². The van der Waals surface area contributed by atoms with Gasteiger partial charge >= 0.3 is 0 Å². The minimum atomic E-state index is -0.0198. The summed E-state index contributed by atoms with van der Waals surface area (Å²) in [6.45, 7) is 5.34. The van der Waals surface area contributed by atoms with Gasteiger partial charge in [0.1, 0.15) is 0 Å². The molecular weight excluding hydrogens is 298 g/mol. The topological polar surface area (TPSA) is 20.3 Å². The third kappa shape index (κ3) is 6.11. The number of carbonyl (C=O) groups excluding carboxylic acids is 1. The molecule has 1 rings (SSSR count). The van der Waals surface area contributed by atoms with E-state index < -0.39 is 0 Å². The van der Waals surface area contributed by atoms with Gasteiger partial charge in [0, 0.05) is 28.3 Å². The van der Waals surface area contributed by atoms with Crippen LogP contribution >= 0.6 is 35.1 Å². The number of halogens is 1. The molecule has 1 aromatic rings. The maximum absolute atomic E-state index is 12.3. The predicted molar refractivity (Wildman–Crippen MR) is 86.7 cm³/mol. The number of amides is 1. The molecular formula is C14H20ClNOS2. The first-order valence-electron chi connectivity index (χ1n) is 6.31. The average Bonchev–Trinajstić information content (AvgIpc) is 2.38. The van der Waals surface area contributed by atoms with Crippen LogP contribution in [0.3, 0.4) is 0 Å². The van der Waals surface area contributed by atoms with Gasteiger partial charge in [0.2, 0.25) is 0 Å². The zero-order valence-electron chi connectivity index (χ0n) is 11.6. The quantitative estimate of drug-likeness (QED) is 0.546. The molecule has 0 bridgehead atoms. The molecule has 1 unspecified atom stereocenters. The van der Waals surface area contributed by atoms with Crippen molar-refractivity contribution >= 4 is 40.4 Å². The van der Waals surface area contributed by atoms with Gasteiger partial charge in [-0.3, -0.25) is 4.79 Å². The molecule has 0 saturated carbocycles. The fraction of sp³-hybridized carbons (Fsp3) is 0.500. The second-order valence-corrected chi connectivity index (χ2v) is 6.92. The lowest BCUT2D eigenvalue weighted by atomic mass is 10.4. The van der Waals surface area contributed by atoms with Crippen molar-refractivity contribution in [1.82, 2.24) is 4.90 Å². The van der Waals surface area contributed by atoms with Gasteiger partial charge in [-0.05, 0) is 49.6 Å². The number of hydrogen-bond acceptors (Lipinski definition) is 3. The maximum atomic E-state index is 12.3. The number of hydrogen-bond donors (Lipinski definition) is 0. The van der Waals surface area contributed by atoms with E-state index in [1.54, 1.807) is 11.8 Å². The van der Waals surface area contributed by atoms with Crippen molar-refractivity contribution in [1.29, 1.82) is 0 Å². The van der Waals surface area contributed by atoms with E-state index >= 15 is 0 Å². The van der Waals surface area contributed by atoms with Gasteiger partial charge in [-0.2, -0.15) is 0 Å². The first-order valence-corrected chi connectivity index (χ1v) is 8.79. The Morgan fingerprint density at radius 1 is 1.42 bits per heavy atom. The molecule has 0 heterocycles. The first kappa shape index (κ1) is 16.7. The third-order valence-electron chi connectivity index (χ3n) is 2.47. The van der Waals surface area contributed by atoms with Crippen LogP contribution in [0, 0.1) is 0 Å². The Morgan fingerprint density at radius 2 is 2.11 bits per heavy atom. The molecule has 106 valence electrons. The Kier molecular flexibility index (Phi) is 7.73. The molecule has 0 saturated heterocycles. The van der Waals surface area contributed by atoms with Gasteiger partial charge < -0.3 is 4.90 Å². The lowest BCUT2D eigenvalue weighted by molar-refractivity contribution is 0.223. The van der Waals surface area contributed by atoms with Gasteiger partial charge in [0.05, 0.1) is 0 Å². The lowest BCUT2D eigenvalue weighted by Crippen LogP contribution is -2.33. The summed E-state index contributed by atoms with van der Waals surface area (Å²) in [7, 11) is 0. The Balaban J connectivity index is 2.69. The summed E-state index contributed by atoms with van der Waals surface area (Å²) in [6, 6.07) is 8.04. The number of alkyl halides is 1. The third-order valence-corrected chi connectivity index (χ3v) is 4.26. The Bertz CT molecular complexity index is 412. The van der Waals surface area contributed by atoms with Crippen LogP contribution in [-0.2, 0) is 0 Å². The number of rotatable bonds is 6. The summed E-state index contributed by atoms with van der Waals surface area (Å²) in [6.07, 6.45) is 2.98. The fourth-order valence-electron chi connectivity index (χ4n) is 1.66. The van der Waals surface area contributed by atoms with Gasteiger partial charge in [0.15, 0.2) is 0 Å². The summed E-state index contributed by atoms with van der Waals surface area (Å²) in [5.41, 5.74) is 0. The SMILES string of the molecule is CCCN(CC(C)Cl)C(=O)Sc1cccc(SC)c1. The highest BCUT2D eigenvalue weighted by Gasteiger charge is 2.16. The normalized spacial score (nSPS) is 12.2. The van der Waals surface area contributed by atoms with Crippen LogP contribution in [0.5, 0.6) is 0 Å². The summed E-state index contributed by atoms with van der Waals surface area (Å²) < 4.78 is 0. The van der Waals surface area contributed by atoms with E-state index in [9.17, 15) is 4.79 Å². The highest BCUT2D eigenvalue weighted by Crippen LogP contribution is 2.26. The van der Waals surface area contributed by atoms with Crippen LogP contribution in [0.4, 0.5) is 4.79 Å². The first-order chi connectivity index (χ1) is 9.06. The second-order valence-electron chi connectivity index (χ2n) is 4.27. The minimum absolute atomic E-state index is 0.0198. The van der Waals surface area contributed by atoms with E-state index in [2.05, 4.69) is 6.92 Å². The van der Waals surface area contributed by atoms with Crippen LogP contribution in [0.2, 0.25) is 0 Å². The smallest absolute Gasteiger partial charge is 0.286 e. The standard InChI is InChI=1S/C14H20ClNOS2/c1-4-8-16(10-11(2)15)14(17)19-13-7-5-6-12(9-13)18-3/h5-7,9,11H,4,8,10H2,1-3H3. The van der Waals surface area contributed by atoms with Crippen LogP contribution in [-0.4, -0.2) is 34.9 Å².